The number of rotatable bonds is 10. The molecule has 2 heterocycles. The first-order chi connectivity index (χ1) is 20.9. The smallest absolute Gasteiger partial charge is 0.416 e. The summed E-state index contributed by atoms with van der Waals surface area (Å²) in [5.41, 5.74) is 1.39. The van der Waals surface area contributed by atoms with Gasteiger partial charge in [-0.2, -0.15) is 0 Å². The molecule has 1 saturated heterocycles. The molecule has 11 heteroatoms. The highest BCUT2D eigenvalue weighted by molar-refractivity contribution is 6.78. The summed E-state index contributed by atoms with van der Waals surface area (Å²) in [5.74, 6) is -0.234. The van der Waals surface area contributed by atoms with Gasteiger partial charge in [-0.15, -0.1) is 0 Å². The Morgan fingerprint density at radius 3 is 2.25 bits per heavy atom. The SMILES string of the molecule is C=CCOC(=O)N1c2cc(O[Si](C(C)C)(C(C)C)C(C)C)c(OC)cc2C(=O)N2C[C@@H](OC(=O)c3ccccc3)C[C@H]2[C@@H]1O. The van der Waals surface area contributed by atoms with E-state index in [4.69, 9.17) is 18.6 Å². The standard InChI is InChI=1S/C33H44N2O8Si/c1-9-15-41-33(39)35-26-18-29(43-44(20(2)3,21(4)5)22(6)7)28(40-8)17-25(26)30(36)34-19-24(16-27(34)31(35)37)42-32(38)23-13-11-10-12-14-23/h9-14,17-18,20-22,24,27,31,37H,1,15-16,19H2,2-8H3/t24-,27-,31-/m0/s1. The van der Waals surface area contributed by atoms with Gasteiger partial charge < -0.3 is 28.6 Å². The fraction of sp³-hybridized carbons (Fsp3) is 0.485. The van der Waals surface area contributed by atoms with Gasteiger partial charge in [-0.05, 0) is 34.8 Å². The Balaban J connectivity index is 1.79. The molecule has 1 fully saturated rings. The Hall–Kier alpha value is -3.83. The zero-order valence-corrected chi connectivity index (χ0v) is 27.6. The number of amides is 2. The van der Waals surface area contributed by atoms with E-state index in [0.717, 1.165) is 4.90 Å². The van der Waals surface area contributed by atoms with Gasteiger partial charge in [0.15, 0.2) is 12.0 Å². The molecule has 4 rings (SSSR count). The third-order valence-electron chi connectivity index (χ3n) is 8.74. The summed E-state index contributed by atoms with van der Waals surface area (Å²) in [6.45, 7) is 16.5. The predicted molar refractivity (Wildman–Crippen MR) is 170 cm³/mol. The molecule has 238 valence electrons. The van der Waals surface area contributed by atoms with Crippen LogP contribution in [0.15, 0.2) is 55.1 Å². The van der Waals surface area contributed by atoms with Crippen LogP contribution in [0.2, 0.25) is 16.6 Å². The summed E-state index contributed by atoms with van der Waals surface area (Å²) in [4.78, 5) is 43.0. The number of esters is 1. The number of hydrogen-bond donors (Lipinski definition) is 1. The molecule has 0 saturated carbocycles. The van der Waals surface area contributed by atoms with Gasteiger partial charge in [-0.25, -0.2) is 14.5 Å². The van der Waals surface area contributed by atoms with Crippen LogP contribution in [-0.4, -0.2) is 74.9 Å². The van der Waals surface area contributed by atoms with Crippen LogP contribution in [0.25, 0.3) is 0 Å². The zero-order valence-electron chi connectivity index (χ0n) is 26.6. The predicted octanol–water partition coefficient (Wildman–Crippen LogP) is 6.15. The number of anilines is 1. The first-order valence-corrected chi connectivity index (χ1v) is 17.2. The quantitative estimate of drug-likeness (QED) is 0.190. The summed E-state index contributed by atoms with van der Waals surface area (Å²) in [6.07, 6.45) is -1.50. The van der Waals surface area contributed by atoms with E-state index >= 15 is 0 Å². The van der Waals surface area contributed by atoms with Crippen molar-refractivity contribution in [3.8, 4) is 11.5 Å². The molecule has 0 spiro atoms. The maximum absolute atomic E-state index is 14.1. The van der Waals surface area contributed by atoms with E-state index in [9.17, 15) is 19.5 Å². The number of aliphatic hydroxyl groups is 1. The van der Waals surface area contributed by atoms with E-state index in [2.05, 4.69) is 48.1 Å². The van der Waals surface area contributed by atoms with Gasteiger partial charge in [0.2, 0.25) is 0 Å². The van der Waals surface area contributed by atoms with Crippen LogP contribution >= 0.6 is 0 Å². The lowest BCUT2D eigenvalue weighted by Gasteiger charge is -2.42. The molecule has 0 aromatic heterocycles. The molecule has 0 radical (unpaired) electrons. The van der Waals surface area contributed by atoms with E-state index in [1.54, 1.807) is 42.5 Å². The second-order valence-corrected chi connectivity index (χ2v) is 17.6. The summed E-state index contributed by atoms with van der Waals surface area (Å²) < 4.78 is 23.8. The third-order valence-corrected chi connectivity index (χ3v) is 14.7. The number of carbonyl (C=O) groups excluding carboxylic acids is 3. The normalized spacial score (nSPS) is 19.9. The Bertz CT molecular complexity index is 1360. The third kappa shape index (κ3) is 6.07. The number of fused-ring (bicyclic) bond motifs is 2. The first-order valence-electron chi connectivity index (χ1n) is 15.1. The van der Waals surface area contributed by atoms with Crippen LogP contribution in [-0.2, 0) is 9.47 Å². The zero-order chi connectivity index (χ0) is 32.3. The van der Waals surface area contributed by atoms with E-state index < -0.39 is 44.7 Å². The molecule has 0 aliphatic carbocycles. The molecular formula is C33H44N2O8Si. The highest BCUT2D eigenvalue weighted by atomic mass is 28.4. The average Bonchev–Trinajstić information content (AvgIpc) is 3.39. The van der Waals surface area contributed by atoms with Crippen LogP contribution < -0.4 is 14.1 Å². The fourth-order valence-corrected chi connectivity index (χ4v) is 12.0. The number of carbonyl (C=O) groups is 3. The molecule has 10 nitrogen and oxygen atoms in total. The summed E-state index contributed by atoms with van der Waals surface area (Å²) in [7, 11) is -0.986. The van der Waals surface area contributed by atoms with Crippen molar-refractivity contribution in [1.82, 2.24) is 4.90 Å². The molecule has 2 aromatic rings. The Labute approximate surface area is 260 Å². The highest BCUT2D eigenvalue weighted by Crippen LogP contribution is 2.47. The van der Waals surface area contributed by atoms with Gasteiger partial charge in [0.1, 0.15) is 18.5 Å². The first kappa shape index (κ1) is 33.1. The summed E-state index contributed by atoms with van der Waals surface area (Å²) in [5, 5.41) is 11.7. The second kappa shape index (κ2) is 13.4. The van der Waals surface area contributed by atoms with E-state index in [1.807, 2.05) is 0 Å². The van der Waals surface area contributed by atoms with Crippen LogP contribution in [0.4, 0.5) is 10.5 Å². The molecule has 3 atom stereocenters. The second-order valence-electron chi connectivity index (χ2n) is 12.2. The molecule has 0 bridgehead atoms. The number of nitrogens with zero attached hydrogens (tertiary/aromatic N) is 2. The van der Waals surface area contributed by atoms with Crippen molar-refractivity contribution in [3.63, 3.8) is 0 Å². The summed E-state index contributed by atoms with van der Waals surface area (Å²) >= 11 is 0. The van der Waals surface area contributed by atoms with Crippen LogP contribution in [0.5, 0.6) is 11.5 Å². The van der Waals surface area contributed by atoms with E-state index in [-0.39, 0.29) is 47.4 Å². The molecule has 2 aliphatic rings. The van der Waals surface area contributed by atoms with Gasteiger partial charge >= 0.3 is 12.1 Å². The van der Waals surface area contributed by atoms with Crippen molar-refractivity contribution in [3.05, 3.63) is 66.2 Å². The van der Waals surface area contributed by atoms with Crippen LogP contribution in [0, 0.1) is 0 Å². The fourth-order valence-electron chi connectivity index (χ4n) is 6.80. The molecular weight excluding hydrogens is 580 g/mol. The Kier molecular flexibility index (Phi) is 10.1. The Morgan fingerprint density at radius 2 is 1.68 bits per heavy atom. The summed E-state index contributed by atoms with van der Waals surface area (Å²) in [6, 6.07) is 10.8. The lowest BCUT2D eigenvalue weighted by atomic mass is 10.1. The monoisotopic (exact) mass is 624 g/mol. The van der Waals surface area contributed by atoms with Crippen molar-refractivity contribution >= 4 is 32.0 Å². The van der Waals surface area contributed by atoms with Crippen molar-refractivity contribution in [2.75, 3.05) is 25.2 Å². The molecule has 44 heavy (non-hydrogen) atoms. The number of benzene rings is 2. The van der Waals surface area contributed by atoms with E-state index in [0.29, 0.717) is 17.1 Å². The highest BCUT2D eigenvalue weighted by Gasteiger charge is 2.51. The number of ether oxygens (including phenoxy) is 3. The average molecular weight is 625 g/mol. The lowest BCUT2D eigenvalue weighted by molar-refractivity contribution is 0.0314. The Morgan fingerprint density at radius 1 is 1.05 bits per heavy atom. The number of methoxy groups -OCH3 is 1. The topological polar surface area (TPSA) is 115 Å². The van der Waals surface area contributed by atoms with Crippen LogP contribution in [0.3, 0.4) is 0 Å². The van der Waals surface area contributed by atoms with Gasteiger partial charge in [0, 0.05) is 12.5 Å². The molecule has 0 unspecified atom stereocenters. The van der Waals surface area contributed by atoms with Crippen molar-refractivity contribution in [2.45, 2.75) is 83.0 Å². The van der Waals surface area contributed by atoms with Crippen LogP contribution in [0.1, 0.15) is 68.7 Å². The minimum Gasteiger partial charge on any atom is -0.540 e. The van der Waals surface area contributed by atoms with Gasteiger partial charge in [-0.3, -0.25) is 4.79 Å². The van der Waals surface area contributed by atoms with Crippen molar-refractivity contribution < 1.29 is 38.1 Å². The van der Waals surface area contributed by atoms with Gasteiger partial charge in [0.25, 0.3) is 14.2 Å². The largest absolute Gasteiger partial charge is 0.540 e. The van der Waals surface area contributed by atoms with Crippen molar-refractivity contribution in [2.24, 2.45) is 0 Å². The van der Waals surface area contributed by atoms with Gasteiger partial charge in [0.05, 0.1) is 36.5 Å². The minimum atomic E-state index is -2.49. The molecule has 1 N–H and O–H groups in total. The molecule has 2 aromatic carbocycles. The van der Waals surface area contributed by atoms with E-state index in [1.165, 1.54) is 18.1 Å². The maximum Gasteiger partial charge on any atom is 0.416 e. The van der Waals surface area contributed by atoms with Crippen molar-refractivity contribution in [1.29, 1.82) is 0 Å². The number of hydrogen-bond acceptors (Lipinski definition) is 8. The number of aliphatic hydroxyl groups excluding tert-OH is 1. The molecule has 2 amide bonds. The lowest BCUT2D eigenvalue weighted by Crippen LogP contribution is -2.51. The van der Waals surface area contributed by atoms with Gasteiger partial charge in [-0.1, -0.05) is 72.4 Å². The minimum absolute atomic E-state index is 0.0404. The molecule has 2 aliphatic heterocycles. The maximum atomic E-state index is 14.1.